The van der Waals surface area contributed by atoms with E-state index in [1.54, 1.807) is 14.2 Å². The minimum atomic E-state index is 0. The van der Waals surface area contributed by atoms with Crippen LogP contribution in [0.3, 0.4) is 0 Å². The van der Waals surface area contributed by atoms with Crippen molar-refractivity contribution in [3.05, 3.63) is 23.8 Å². The third kappa shape index (κ3) is 2.13. The highest BCUT2D eigenvalue weighted by atomic mass is 16.5. The van der Waals surface area contributed by atoms with Gasteiger partial charge in [-0.05, 0) is 18.6 Å². The molecule has 1 rings (SSSR count). The summed E-state index contributed by atoms with van der Waals surface area (Å²) in [6.07, 6.45) is 0. The molecular formula is C9H15NO2. The number of rotatable bonds is 2. The van der Waals surface area contributed by atoms with Crippen molar-refractivity contribution in [2.24, 2.45) is 0 Å². The predicted octanol–water partition coefficient (Wildman–Crippen LogP) is 2.17. The van der Waals surface area contributed by atoms with Crippen LogP contribution in [-0.2, 0) is 0 Å². The van der Waals surface area contributed by atoms with E-state index in [0.29, 0.717) is 0 Å². The van der Waals surface area contributed by atoms with Crippen LogP contribution in [0.2, 0.25) is 0 Å². The summed E-state index contributed by atoms with van der Waals surface area (Å²) >= 11 is 0. The Morgan fingerprint density at radius 2 is 1.75 bits per heavy atom. The molecule has 0 unspecified atom stereocenters. The molecule has 0 radical (unpaired) electrons. The number of hydrogen-bond acceptors (Lipinski definition) is 3. The first-order valence-electron chi connectivity index (χ1n) is 3.46. The maximum Gasteiger partial charge on any atom is 0.125 e. The van der Waals surface area contributed by atoms with Gasteiger partial charge in [0.25, 0.3) is 0 Å². The lowest BCUT2D eigenvalue weighted by Crippen LogP contribution is -1.88. The van der Waals surface area contributed by atoms with Gasteiger partial charge in [0, 0.05) is 6.07 Å². The van der Waals surface area contributed by atoms with Crippen LogP contribution in [0.1, 0.15) is 5.56 Å². The second-order valence-corrected chi connectivity index (χ2v) is 2.34. The molecule has 0 spiro atoms. The van der Waals surface area contributed by atoms with Crippen LogP contribution in [0.15, 0.2) is 18.2 Å². The standard InChI is InChI=1S/C9H12O2.H3N/c1-7-4-5-8(10-2)6-9(7)11-3;/h4-6H,1-3H3;1H3. The number of hydrogen-bond donors (Lipinski definition) is 1. The van der Waals surface area contributed by atoms with E-state index in [-0.39, 0.29) is 6.15 Å². The molecule has 1 aromatic carbocycles. The van der Waals surface area contributed by atoms with Crippen LogP contribution in [0.25, 0.3) is 0 Å². The van der Waals surface area contributed by atoms with Gasteiger partial charge in [-0.3, -0.25) is 0 Å². The Bertz CT molecular complexity index is 248. The normalized spacial score (nSPS) is 8.58. The number of aryl methyl sites for hydroxylation is 1. The van der Waals surface area contributed by atoms with Crippen molar-refractivity contribution in [3.8, 4) is 11.5 Å². The van der Waals surface area contributed by atoms with Gasteiger partial charge in [0.2, 0.25) is 0 Å². The number of ether oxygens (including phenoxy) is 2. The fourth-order valence-electron chi connectivity index (χ4n) is 0.927. The topological polar surface area (TPSA) is 53.5 Å². The third-order valence-corrected chi connectivity index (χ3v) is 1.62. The monoisotopic (exact) mass is 169 g/mol. The molecule has 0 bridgehead atoms. The molecule has 0 heterocycles. The van der Waals surface area contributed by atoms with Crippen molar-refractivity contribution in [1.29, 1.82) is 0 Å². The molecule has 3 nitrogen and oxygen atoms in total. The minimum Gasteiger partial charge on any atom is -0.497 e. The maximum absolute atomic E-state index is 5.11. The summed E-state index contributed by atoms with van der Waals surface area (Å²) in [5.41, 5.74) is 1.12. The highest BCUT2D eigenvalue weighted by molar-refractivity contribution is 5.39. The Kier molecular flexibility index (Phi) is 4.15. The zero-order valence-corrected chi connectivity index (χ0v) is 7.76. The first-order valence-corrected chi connectivity index (χ1v) is 3.46. The van der Waals surface area contributed by atoms with Gasteiger partial charge in [0.15, 0.2) is 0 Å². The molecule has 0 saturated carbocycles. The van der Waals surface area contributed by atoms with Crippen molar-refractivity contribution in [3.63, 3.8) is 0 Å². The van der Waals surface area contributed by atoms with E-state index in [1.807, 2.05) is 25.1 Å². The molecule has 0 atom stereocenters. The Morgan fingerprint density at radius 3 is 2.25 bits per heavy atom. The van der Waals surface area contributed by atoms with E-state index in [0.717, 1.165) is 17.1 Å². The van der Waals surface area contributed by atoms with Crippen LogP contribution in [0, 0.1) is 6.92 Å². The van der Waals surface area contributed by atoms with E-state index in [2.05, 4.69) is 0 Å². The summed E-state index contributed by atoms with van der Waals surface area (Å²) in [7, 11) is 3.30. The average molecular weight is 169 g/mol. The minimum absolute atomic E-state index is 0. The maximum atomic E-state index is 5.11. The molecule has 1 aromatic rings. The molecule has 0 fully saturated rings. The van der Waals surface area contributed by atoms with E-state index in [4.69, 9.17) is 9.47 Å². The second-order valence-electron chi connectivity index (χ2n) is 2.34. The number of methoxy groups -OCH3 is 2. The highest BCUT2D eigenvalue weighted by Gasteiger charge is 1.98. The predicted molar refractivity (Wildman–Crippen MR) is 49.3 cm³/mol. The Labute approximate surface area is 72.9 Å². The van der Waals surface area contributed by atoms with Gasteiger partial charge in [-0.2, -0.15) is 0 Å². The summed E-state index contributed by atoms with van der Waals surface area (Å²) < 4.78 is 10.1. The summed E-state index contributed by atoms with van der Waals surface area (Å²) in [5, 5.41) is 0. The van der Waals surface area contributed by atoms with Gasteiger partial charge in [0.05, 0.1) is 14.2 Å². The fraction of sp³-hybridized carbons (Fsp3) is 0.333. The summed E-state index contributed by atoms with van der Waals surface area (Å²) in [6.45, 7) is 2.00. The fourth-order valence-corrected chi connectivity index (χ4v) is 0.927. The molecule has 0 saturated heterocycles. The van der Waals surface area contributed by atoms with Gasteiger partial charge in [0.1, 0.15) is 11.5 Å². The molecule has 68 valence electrons. The molecule has 0 aromatic heterocycles. The lowest BCUT2D eigenvalue weighted by molar-refractivity contribution is 0.392. The van der Waals surface area contributed by atoms with Gasteiger partial charge in [-0.1, -0.05) is 6.07 Å². The van der Waals surface area contributed by atoms with Crippen molar-refractivity contribution in [2.45, 2.75) is 6.92 Å². The second kappa shape index (κ2) is 4.62. The Hall–Kier alpha value is -1.22. The number of benzene rings is 1. The van der Waals surface area contributed by atoms with Gasteiger partial charge in [-0.25, -0.2) is 0 Å². The summed E-state index contributed by atoms with van der Waals surface area (Å²) in [5.74, 6) is 1.69. The van der Waals surface area contributed by atoms with Gasteiger partial charge < -0.3 is 15.6 Å². The van der Waals surface area contributed by atoms with Crippen LogP contribution in [0.4, 0.5) is 0 Å². The van der Waals surface area contributed by atoms with Crippen molar-refractivity contribution in [2.75, 3.05) is 14.2 Å². The zero-order valence-electron chi connectivity index (χ0n) is 7.76. The molecule has 3 N–H and O–H groups in total. The van der Waals surface area contributed by atoms with Crippen molar-refractivity contribution in [1.82, 2.24) is 6.15 Å². The van der Waals surface area contributed by atoms with Gasteiger partial charge >= 0.3 is 0 Å². The molecule has 0 aliphatic rings. The molecule has 0 aliphatic heterocycles. The highest BCUT2D eigenvalue weighted by Crippen LogP contribution is 2.22. The van der Waals surface area contributed by atoms with Gasteiger partial charge in [-0.15, -0.1) is 0 Å². The lowest BCUT2D eigenvalue weighted by atomic mass is 10.2. The summed E-state index contributed by atoms with van der Waals surface area (Å²) in [6, 6.07) is 5.75. The lowest BCUT2D eigenvalue weighted by Gasteiger charge is -2.05. The van der Waals surface area contributed by atoms with Crippen molar-refractivity contribution < 1.29 is 9.47 Å². The van der Waals surface area contributed by atoms with E-state index in [9.17, 15) is 0 Å². The smallest absolute Gasteiger partial charge is 0.125 e. The first kappa shape index (κ1) is 10.8. The van der Waals surface area contributed by atoms with E-state index in [1.165, 1.54) is 0 Å². The van der Waals surface area contributed by atoms with Crippen LogP contribution in [-0.4, -0.2) is 14.2 Å². The van der Waals surface area contributed by atoms with E-state index >= 15 is 0 Å². The first-order chi connectivity index (χ1) is 5.27. The van der Waals surface area contributed by atoms with E-state index < -0.39 is 0 Å². The molecular weight excluding hydrogens is 154 g/mol. The van der Waals surface area contributed by atoms with Crippen LogP contribution < -0.4 is 15.6 Å². The molecule has 12 heavy (non-hydrogen) atoms. The third-order valence-electron chi connectivity index (χ3n) is 1.62. The summed E-state index contributed by atoms with van der Waals surface area (Å²) in [4.78, 5) is 0. The zero-order chi connectivity index (χ0) is 8.27. The SMILES string of the molecule is COc1ccc(C)c(OC)c1.N. The van der Waals surface area contributed by atoms with Crippen molar-refractivity contribution >= 4 is 0 Å². The van der Waals surface area contributed by atoms with Crippen LogP contribution >= 0.6 is 0 Å². The molecule has 3 heteroatoms. The Balaban J connectivity index is 0.00000121. The molecule has 0 aliphatic carbocycles. The molecule has 0 amide bonds. The Morgan fingerprint density at radius 1 is 1.08 bits per heavy atom. The quantitative estimate of drug-likeness (QED) is 0.738. The van der Waals surface area contributed by atoms with Crippen LogP contribution in [0.5, 0.6) is 11.5 Å². The average Bonchev–Trinajstić information content (AvgIpc) is 2.05. The largest absolute Gasteiger partial charge is 0.497 e.